The van der Waals surface area contributed by atoms with Gasteiger partial charge in [-0.2, -0.15) is 10.1 Å². The number of benzene rings is 1. The minimum Gasteiger partial charge on any atom is -0.378 e. The SMILES string of the molecule is CC(C)(C)c1nc(C(=O)NCc2ccc(-c3ncnn4cc(N5CCOCC5)cc34)c(F)c2C(F)F)no1. The molecule has 4 heterocycles. The second-order valence-corrected chi connectivity index (χ2v) is 9.89. The molecule has 0 unspecified atom stereocenters. The number of nitrogens with one attached hydrogen (secondary N) is 1. The molecule has 0 bridgehead atoms. The highest BCUT2D eigenvalue weighted by Crippen LogP contribution is 2.35. The molecule has 1 aliphatic heterocycles. The summed E-state index contributed by atoms with van der Waals surface area (Å²) in [5.41, 5.74) is 0.0359. The van der Waals surface area contributed by atoms with Crippen LogP contribution in [0.25, 0.3) is 16.8 Å². The van der Waals surface area contributed by atoms with Crippen LogP contribution in [0.1, 0.15) is 54.8 Å². The maximum Gasteiger partial charge on any atom is 0.292 e. The third-order valence-electron chi connectivity index (χ3n) is 6.22. The molecule has 1 aliphatic rings. The number of alkyl halides is 2. The van der Waals surface area contributed by atoms with E-state index in [0.717, 1.165) is 5.69 Å². The molecule has 13 heteroatoms. The second-order valence-electron chi connectivity index (χ2n) is 9.89. The van der Waals surface area contributed by atoms with Gasteiger partial charge in [-0.05, 0) is 17.7 Å². The van der Waals surface area contributed by atoms with Crippen molar-refractivity contribution >= 4 is 17.1 Å². The molecule has 1 aromatic carbocycles. The van der Waals surface area contributed by atoms with Gasteiger partial charge in [0.25, 0.3) is 18.2 Å². The summed E-state index contributed by atoms with van der Waals surface area (Å²) in [5, 5.41) is 10.3. The first-order chi connectivity index (χ1) is 18.1. The predicted molar refractivity (Wildman–Crippen MR) is 131 cm³/mol. The van der Waals surface area contributed by atoms with Crippen molar-refractivity contribution in [3.63, 3.8) is 0 Å². The lowest BCUT2D eigenvalue weighted by Crippen LogP contribution is -2.35. The summed E-state index contributed by atoms with van der Waals surface area (Å²) in [6.07, 6.45) is -0.101. The molecule has 1 fully saturated rings. The molecule has 1 saturated heterocycles. The summed E-state index contributed by atoms with van der Waals surface area (Å²) < 4.78 is 55.8. The van der Waals surface area contributed by atoms with Crippen LogP contribution >= 0.6 is 0 Å². The minimum absolute atomic E-state index is 0.0800. The lowest BCUT2D eigenvalue weighted by Gasteiger charge is -2.27. The summed E-state index contributed by atoms with van der Waals surface area (Å²) in [7, 11) is 0. The topological polar surface area (TPSA) is 111 Å². The Morgan fingerprint density at radius 3 is 2.66 bits per heavy atom. The van der Waals surface area contributed by atoms with Crippen LogP contribution in [-0.4, -0.2) is 56.9 Å². The predicted octanol–water partition coefficient (Wildman–Crippen LogP) is 3.92. The molecule has 0 atom stereocenters. The van der Waals surface area contributed by atoms with Gasteiger partial charge in [0.05, 0.1) is 36.2 Å². The summed E-state index contributed by atoms with van der Waals surface area (Å²) in [6.45, 7) is 7.69. The molecule has 3 aromatic heterocycles. The number of rotatable bonds is 6. The fourth-order valence-corrected chi connectivity index (χ4v) is 4.20. The third kappa shape index (κ3) is 4.93. The number of fused-ring (bicyclic) bond motifs is 1. The first-order valence-corrected chi connectivity index (χ1v) is 12.0. The van der Waals surface area contributed by atoms with Crippen LogP contribution in [0.2, 0.25) is 0 Å². The number of nitrogens with zero attached hydrogens (tertiary/aromatic N) is 6. The Hall–Kier alpha value is -4.00. The van der Waals surface area contributed by atoms with E-state index in [9.17, 15) is 13.6 Å². The van der Waals surface area contributed by atoms with E-state index in [2.05, 4.69) is 30.4 Å². The Morgan fingerprint density at radius 1 is 1.21 bits per heavy atom. The van der Waals surface area contributed by atoms with E-state index in [1.54, 1.807) is 16.8 Å². The van der Waals surface area contributed by atoms with Gasteiger partial charge in [-0.1, -0.05) is 32.0 Å². The Balaban J connectivity index is 1.43. The van der Waals surface area contributed by atoms with Gasteiger partial charge in [0, 0.05) is 30.6 Å². The monoisotopic (exact) mass is 529 g/mol. The van der Waals surface area contributed by atoms with Crippen molar-refractivity contribution in [2.45, 2.75) is 39.2 Å². The number of morpholine rings is 1. The summed E-state index contributed by atoms with van der Waals surface area (Å²) in [5.74, 6) is -1.82. The number of anilines is 1. The molecular formula is C25H26F3N7O3. The van der Waals surface area contributed by atoms with Gasteiger partial charge in [0.15, 0.2) is 0 Å². The van der Waals surface area contributed by atoms with Gasteiger partial charge in [-0.3, -0.25) is 4.79 Å². The van der Waals surface area contributed by atoms with Crippen molar-refractivity contribution < 1.29 is 27.2 Å². The van der Waals surface area contributed by atoms with E-state index in [4.69, 9.17) is 9.26 Å². The summed E-state index contributed by atoms with van der Waals surface area (Å²) in [4.78, 5) is 22.8. The Morgan fingerprint density at radius 2 is 1.97 bits per heavy atom. The van der Waals surface area contributed by atoms with Crippen molar-refractivity contribution in [3.8, 4) is 11.3 Å². The van der Waals surface area contributed by atoms with E-state index >= 15 is 4.39 Å². The summed E-state index contributed by atoms with van der Waals surface area (Å²) >= 11 is 0. The minimum atomic E-state index is -3.13. The molecule has 0 saturated carbocycles. The van der Waals surface area contributed by atoms with Crippen molar-refractivity contribution in [1.29, 1.82) is 0 Å². The smallest absolute Gasteiger partial charge is 0.292 e. The van der Waals surface area contributed by atoms with Gasteiger partial charge < -0.3 is 19.5 Å². The normalized spacial score (nSPS) is 14.4. The molecule has 1 amide bonds. The molecule has 1 N–H and O–H groups in total. The molecule has 4 aromatic rings. The number of carbonyl (C=O) groups excluding carboxylic acids is 1. The fourth-order valence-electron chi connectivity index (χ4n) is 4.20. The number of aromatic nitrogens is 5. The molecule has 0 radical (unpaired) electrons. The zero-order chi connectivity index (χ0) is 27.0. The largest absolute Gasteiger partial charge is 0.378 e. The van der Waals surface area contributed by atoms with Crippen LogP contribution in [0.3, 0.4) is 0 Å². The lowest BCUT2D eigenvalue weighted by molar-refractivity contribution is 0.0935. The van der Waals surface area contributed by atoms with E-state index in [1.807, 2.05) is 20.8 Å². The first-order valence-electron chi connectivity index (χ1n) is 12.0. The van der Waals surface area contributed by atoms with E-state index < -0.39 is 29.1 Å². The van der Waals surface area contributed by atoms with Crippen LogP contribution < -0.4 is 10.2 Å². The number of carbonyl (C=O) groups is 1. The molecule has 5 rings (SSSR count). The van der Waals surface area contributed by atoms with Crippen molar-refractivity contribution in [3.05, 3.63) is 59.4 Å². The number of hydrogen-bond acceptors (Lipinski definition) is 8. The van der Waals surface area contributed by atoms with E-state index in [0.29, 0.717) is 31.8 Å². The highest BCUT2D eigenvalue weighted by Gasteiger charge is 2.27. The van der Waals surface area contributed by atoms with Gasteiger partial charge in [0.2, 0.25) is 5.89 Å². The molecule has 0 aliphatic carbocycles. The fraction of sp³-hybridized carbons (Fsp3) is 0.400. The average Bonchev–Trinajstić information content (AvgIpc) is 3.55. The second kappa shape index (κ2) is 10.0. The average molecular weight is 530 g/mol. The zero-order valence-electron chi connectivity index (χ0n) is 21.0. The molecular weight excluding hydrogens is 503 g/mol. The number of halogens is 3. The van der Waals surface area contributed by atoms with Gasteiger partial charge in [0.1, 0.15) is 17.8 Å². The highest BCUT2D eigenvalue weighted by atomic mass is 19.3. The van der Waals surface area contributed by atoms with Gasteiger partial charge in [-0.15, -0.1) is 0 Å². The standard InChI is InChI=1S/C25H26F3N7O3/c1-25(2,3)24-32-22(33-38-24)23(36)29-11-14-4-5-16(19(26)18(14)21(27)28)20-17-10-15(12-35(17)31-13-30-20)34-6-8-37-9-7-34/h4-5,10,12-13,21H,6-9,11H2,1-3H3,(H,29,36). The Kier molecular flexibility index (Phi) is 6.78. The van der Waals surface area contributed by atoms with Crippen molar-refractivity contribution in [1.82, 2.24) is 30.1 Å². The molecule has 0 spiro atoms. The van der Waals surface area contributed by atoms with Gasteiger partial charge >= 0.3 is 0 Å². The maximum atomic E-state index is 15.6. The lowest BCUT2D eigenvalue weighted by atomic mass is 9.97. The molecule has 200 valence electrons. The first kappa shape index (κ1) is 25.6. The van der Waals surface area contributed by atoms with Crippen molar-refractivity contribution in [2.75, 3.05) is 31.2 Å². The van der Waals surface area contributed by atoms with Crippen LogP contribution in [0.15, 0.2) is 35.2 Å². The van der Waals surface area contributed by atoms with Crippen LogP contribution in [0, 0.1) is 5.82 Å². The van der Waals surface area contributed by atoms with Crippen LogP contribution in [0.4, 0.5) is 18.9 Å². The van der Waals surface area contributed by atoms with Gasteiger partial charge in [-0.25, -0.2) is 22.7 Å². The van der Waals surface area contributed by atoms with Crippen LogP contribution in [0.5, 0.6) is 0 Å². The molecule has 10 nitrogen and oxygen atoms in total. The van der Waals surface area contributed by atoms with E-state index in [1.165, 1.54) is 18.5 Å². The molecule has 38 heavy (non-hydrogen) atoms. The maximum absolute atomic E-state index is 15.6. The third-order valence-corrected chi connectivity index (χ3v) is 6.22. The quantitative estimate of drug-likeness (QED) is 0.400. The number of ether oxygens (including phenoxy) is 1. The van der Waals surface area contributed by atoms with Crippen LogP contribution in [-0.2, 0) is 16.7 Å². The number of amides is 1. The Labute approximate surface area is 215 Å². The van der Waals surface area contributed by atoms with E-state index in [-0.39, 0.29) is 35.1 Å². The Bertz CT molecular complexity index is 1470. The van der Waals surface area contributed by atoms with Crippen molar-refractivity contribution in [2.24, 2.45) is 0 Å². The number of hydrogen-bond donors (Lipinski definition) is 1. The highest BCUT2D eigenvalue weighted by molar-refractivity contribution is 5.90. The zero-order valence-corrected chi connectivity index (χ0v) is 21.0. The summed E-state index contributed by atoms with van der Waals surface area (Å²) in [6, 6.07) is 4.52.